The van der Waals surface area contributed by atoms with Gasteiger partial charge in [0.15, 0.2) is 5.13 Å². The molecule has 3 aromatic rings. The number of nitrogens with zero attached hydrogens (tertiary/aromatic N) is 1. The quantitative estimate of drug-likeness (QED) is 0.731. The molecule has 1 amide bonds. The van der Waals surface area contributed by atoms with Gasteiger partial charge in [-0.3, -0.25) is 4.79 Å². The number of aromatic nitrogens is 1. The molecule has 6 rings (SSSR count). The van der Waals surface area contributed by atoms with Crippen LogP contribution < -0.4 is 5.32 Å². The molecule has 1 heterocycles. The molecule has 3 aliphatic rings. The second-order valence-corrected chi connectivity index (χ2v) is 7.92. The maximum atomic E-state index is 14.6. The number of thiazole rings is 1. The maximum Gasteiger partial charge on any atom is 0.236 e. The molecule has 3 aliphatic carbocycles. The number of nitrogens with one attached hydrogen (secondary N) is 1. The van der Waals surface area contributed by atoms with Gasteiger partial charge in [0.1, 0.15) is 6.67 Å². The van der Waals surface area contributed by atoms with Crippen LogP contribution in [-0.4, -0.2) is 17.6 Å². The highest BCUT2D eigenvalue weighted by Gasteiger charge is 2.57. The van der Waals surface area contributed by atoms with E-state index in [1.54, 1.807) is 11.6 Å². The largest absolute Gasteiger partial charge is 0.301 e. The summed E-state index contributed by atoms with van der Waals surface area (Å²) in [5.74, 6) is -0.496. The Morgan fingerprint density at radius 2 is 1.73 bits per heavy atom. The molecule has 0 saturated carbocycles. The molecule has 3 nitrogen and oxygen atoms in total. The number of rotatable bonds is 3. The van der Waals surface area contributed by atoms with Crippen LogP contribution in [0.2, 0.25) is 0 Å². The zero-order valence-electron chi connectivity index (χ0n) is 14.0. The lowest BCUT2D eigenvalue weighted by molar-refractivity contribution is -0.129. The zero-order valence-corrected chi connectivity index (χ0v) is 14.8. The molecule has 0 aliphatic heterocycles. The van der Waals surface area contributed by atoms with Crippen LogP contribution in [0, 0.1) is 5.41 Å². The standard InChI is InChI=1S/C21H17FN2OS/c22-12-21(19(25)24-20-23-9-10-26-20)11-17-13-5-1-3-7-15(13)18(21)16-8-4-2-6-14(16)17/h1-10,17-18H,11-12H2,(H,23,24,25). The van der Waals surface area contributed by atoms with Gasteiger partial charge in [-0.05, 0) is 28.7 Å². The normalized spacial score (nSPS) is 25.4. The van der Waals surface area contributed by atoms with E-state index in [0.717, 1.165) is 11.1 Å². The van der Waals surface area contributed by atoms with Gasteiger partial charge >= 0.3 is 0 Å². The number of benzene rings is 2. The predicted molar refractivity (Wildman–Crippen MR) is 100 cm³/mol. The van der Waals surface area contributed by atoms with Crippen LogP contribution >= 0.6 is 11.3 Å². The summed E-state index contributed by atoms with van der Waals surface area (Å²) in [5, 5.41) is 5.18. The highest BCUT2D eigenvalue weighted by Crippen LogP contribution is 2.61. The zero-order chi connectivity index (χ0) is 17.7. The van der Waals surface area contributed by atoms with E-state index in [0.29, 0.717) is 11.6 Å². The molecule has 26 heavy (non-hydrogen) atoms. The van der Waals surface area contributed by atoms with Crippen molar-refractivity contribution in [3.63, 3.8) is 0 Å². The van der Waals surface area contributed by atoms with Crippen LogP contribution in [0.1, 0.15) is 40.5 Å². The summed E-state index contributed by atoms with van der Waals surface area (Å²) in [6.07, 6.45) is 2.12. The van der Waals surface area contributed by atoms with Crippen LogP contribution in [0.15, 0.2) is 60.1 Å². The average Bonchev–Trinajstić information content (AvgIpc) is 3.21. The summed E-state index contributed by atoms with van der Waals surface area (Å²) in [5.41, 5.74) is 3.51. The summed E-state index contributed by atoms with van der Waals surface area (Å²) in [4.78, 5) is 17.4. The van der Waals surface area contributed by atoms with Gasteiger partial charge in [-0.25, -0.2) is 9.37 Å². The number of hydrogen-bond donors (Lipinski definition) is 1. The summed E-state index contributed by atoms with van der Waals surface area (Å²) in [6.45, 7) is -0.686. The molecule has 0 spiro atoms. The minimum Gasteiger partial charge on any atom is -0.301 e. The summed E-state index contributed by atoms with van der Waals surface area (Å²) < 4.78 is 14.6. The number of carbonyl (C=O) groups is 1. The Morgan fingerprint density at radius 1 is 1.12 bits per heavy atom. The van der Waals surface area contributed by atoms with Crippen LogP contribution in [0.5, 0.6) is 0 Å². The minimum atomic E-state index is -1.10. The first-order valence-corrected chi connectivity index (χ1v) is 9.57. The van der Waals surface area contributed by atoms with E-state index in [-0.39, 0.29) is 17.7 Å². The van der Waals surface area contributed by atoms with Crippen LogP contribution in [-0.2, 0) is 4.79 Å². The lowest BCUT2D eigenvalue weighted by Crippen LogP contribution is -2.50. The fraction of sp³-hybridized carbons (Fsp3) is 0.238. The van der Waals surface area contributed by atoms with Crippen molar-refractivity contribution in [2.45, 2.75) is 18.3 Å². The Bertz CT molecular complexity index is 940. The van der Waals surface area contributed by atoms with Crippen molar-refractivity contribution in [2.75, 3.05) is 12.0 Å². The predicted octanol–water partition coefficient (Wildman–Crippen LogP) is 4.72. The van der Waals surface area contributed by atoms with Crippen molar-refractivity contribution in [3.8, 4) is 0 Å². The van der Waals surface area contributed by atoms with Crippen molar-refractivity contribution in [2.24, 2.45) is 5.41 Å². The number of hydrogen-bond acceptors (Lipinski definition) is 3. The van der Waals surface area contributed by atoms with Gasteiger partial charge in [-0.1, -0.05) is 48.5 Å². The second kappa shape index (κ2) is 5.74. The number of halogens is 1. The van der Waals surface area contributed by atoms with Crippen LogP contribution in [0.4, 0.5) is 9.52 Å². The Morgan fingerprint density at radius 3 is 2.27 bits per heavy atom. The molecule has 0 saturated heterocycles. The van der Waals surface area contributed by atoms with Crippen molar-refractivity contribution < 1.29 is 9.18 Å². The van der Waals surface area contributed by atoms with Gasteiger partial charge in [0.2, 0.25) is 5.91 Å². The third-order valence-corrected chi connectivity index (χ3v) is 6.52. The Hall–Kier alpha value is -2.53. The first kappa shape index (κ1) is 15.7. The smallest absolute Gasteiger partial charge is 0.236 e. The third-order valence-electron chi connectivity index (χ3n) is 5.83. The van der Waals surface area contributed by atoms with Gasteiger partial charge in [0, 0.05) is 23.4 Å². The van der Waals surface area contributed by atoms with Gasteiger partial charge < -0.3 is 5.32 Å². The van der Waals surface area contributed by atoms with Gasteiger partial charge in [-0.15, -0.1) is 11.3 Å². The van der Waals surface area contributed by atoms with E-state index < -0.39 is 12.1 Å². The number of carbonyl (C=O) groups excluding carboxylic acids is 1. The lowest BCUT2D eigenvalue weighted by Gasteiger charge is -2.51. The molecule has 5 heteroatoms. The molecular weight excluding hydrogens is 347 g/mol. The highest BCUT2D eigenvalue weighted by molar-refractivity contribution is 7.13. The molecular formula is C21H17FN2OS. The first-order chi connectivity index (χ1) is 12.7. The summed E-state index contributed by atoms with van der Waals surface area (Å²) in [7, 11) is 0. The maximum absolute atomic E-state index is 14.6. The number of fused-ring (bicyclic) bond motifs is 1. The van der Waals surface area contributed by atoms with Gasteiger partial charge in [0.05, 0.1) is 5.41 Å². The summed E-state index contributed by atoms with van der Waals surface area (Å²) >= 11 is 1.35. The number of anilines is 1. The van der Waals surface area contributed by atoms with E-state index in [1.165, 1.54) is 22.5 Å². The van der Waals surface area contributed by atoms with Gasteiger partial charge in [0.25, 0.3) is 0 Å². The molecule has 1 atom stereocenters. The van der Waals surface area contributed by atoms with Crippen LogP contribution in [0.3, 0.4) is 0 Å². The van der Waals surface area contributed by atoms with E-state index in [4.69, 9.17) is 0 Å². The van der Waals surface area contributed by atoms with E-state index in [1.807, 2.05) is 36.4 Å². The highest BCUT2D eigenvalue weighted by atomic mass is 32.1. The molecule has 1 N–H and O–H groups in total. The number of alkyl halides is 1. The first-order valence-electron chi connectivity index (χ1n) is 8.69. The number of amides is 1. The molecule has 130 valence electrons. The van der Waals surface area contributed by atoms with Crippen molar-refractivity contribution in [1.82, 2.24) is 4.98 Å². The third kappa shape index (κ3) is 2.04. The molecule has 0 radical (unpaired) electrons. The Balaban J connectivity index is 1.68. The fourth-order valence-electron chi connectivity index (χ4n) is 4.74. The van der Waals surface area contributed by atoms with E-state index in [9.17, 15) is 9.18 Å². The van der Waals surface area contributed by atoms with Crippen molar-refractivity contribution in [1.29, 1.82) is 0 Å². The average molecular weight is 364 g/mol. The second-order valence-electron chi connectivity index (χ2n) is 7.03. The van der Waals surface area contributed by atoms with Crippen molar-refractivity contribution >= 4 is 22.4 Å². The molecule has 2 aromatic carbocycles. The molecule has 1 aromatic heterocycles. The fourth-order valence-corrected chi connectivity index (χ4v) is 5.26. The lowest BCUT2D eigenvalue weighted by atomic mass is 9.52. The monoisotopic (exact) mass is 364 g/mol. The molecule has 2 bridgehead atoms. The minimum absolute atomic E-state index is 0.0465. The summed E-state index contributed by atoms with van der Waals surface area (Å²) in [6, 6.07) is 16.3. The Kier molecular flexibility index (Phi) is 3.47. The molecule has 0 fully saturated rings. The Labute approximate surface area is 154 Å². The van der Waals surface area contributed by atoms with E-state index in [2.05, 4.69) is 22.4 Å². The molecule has 1 unspecified atom stereocenters. The topological polar surface area (TPSA) is 42.0 Å². The SMILES string of the molecule is O=C(Nc1nccs1)C1(CF)CC2c3ccccc3C1c1ccccc12. The van der Waals surface area contributed by atoms with Gasteiger partial charge in [-0.2, -0.15) is 0 Å². The van der Waals surface area contributed by atoms with Crippen molar-refractivity contribution in [3.05, 3.63) is 82.4 Å². The van der Waals surface area contributed by atoms with Crippen LogP contribution in [0.25, 0.3) is 0 Å². The van der Waals surface area contributed by atoms with E-state index >= 15 is 0 Å².